The molecule has 0 atom stereocenters. The fourth-order valence-corrected chi connectivity index (χ4v) is 1.44. The highest BCUT2D eigenvalue weighted by Crippen LogP contribution is 2.23. The predicted molar refractivity (Wildman–Crippen MR) is 66.2 cm³/mol. The SMILES string of the molecule is C/C(=C/Cl)COc1ccc(Br)cc1C(=O)O. The first-order chi connectivity index (χ1) is 7.54. The van der Waals surface area contributed by atoms with Crippen LogP contribution in [0.3, 0.4) is 0 Å². The molecule has 5 heteroatoms. The number of carboxylic acids is 1. The summed E-state index contributed by atoms with van der Waals surface area (Å²) < 4.78 is 6.05. The van der Waals surface area contributed by atoms with Crippen LogP contribution in [0.1, 0.15) is 17.3 Å². The lowest BCUT2D eigenvalue weighted by atomic mass is 10.2. The molecule has 86 valence electrons. The van der Waals surface area contributed by atoms with Crippen LogP contribution in [0.2, 0.25) is 0 Å². The molecule has 0 heterocycles. The zero-order chi connectivity index (χ0) is 12.1. The molecule has 3 nitrogen and oxygen atoms in total. The number of carbonyl (C=O) groups is 1. The van der Waals surface area contributed by atoms with Crippen molar-refractivity contribution in [2.75, 3.05) is 6.61 Å². The third kappa shape index (κ3) is 3.54. The summed E-state index contributed by atoms with van der Waals surface area (Å²) in [5.74, 6) is -0.697. The molecule has 0 fully saturated rings. The highest BCUT2D eigenvalue weighted by atomic mass is 79.9. The largest absolute Gasteiger partial charge is 0.488 e. The molecule has 0 bridgehead atoms. The van der Waals surface area contributed by atoms with E-state index in [1.54, 1.807) is 19.1 Å². The van der Waals surface area contributed by atoms with Gasteiger partial charge in [-0.05, 0) is 30.7 Å². The molecule has 0 amide bonds. The van der Waals surface area contributed by atoms with E-state index in [1.165, 1.54) is 11.6 Å². The summed E-state index contributed by atoms with van der Waals surface area (Å²) in [6, 6.07) is 4.83. The number of hydrogen-bond donors (Lipinski definition) is 1. The van der Waals surface area contributed by atoms with E-state index in [9.17, 15) is 4.79 Å². The summed E-state index contributed by atoms with van der Waals surface area (Å²) in [5.41, 5.74) is 2.34. The zero-order valence-electron chi connectivity index (χ0n) is 8.54. The fourth-order valence-electron chi connectivity index (χ4n) is 1.02. The van der Waals surface area contributed by atoms with Gasteiger partial charge in [0.25, 0.3) is 0 Å². The minimum atomic E-state index is -1.02. The Labute approximate surface area is 107 Å². The Morgan fingerprint density at radius 2 is 2.31 bits per heavy atom. The number of halogens is 2. The Morgan fingerprint density at radius 3 is 2.88 bits per heavy atom. The van der Waals surface area contributed by atoms with Gasteiger partial charge in [0.2, 0.25) is 0 Å². The van der Waals surface area contributed by atoms with Gasteiger partial charge < -0.3 is 9.84 Å². The van der Waals surface area contributed by atoms with Gasteiger partial charge in [-0.15, -0.1) is 0 Å². The zero-order valence-corrected chi connectivity index (χ0v) is 10.9. The number of carboxylic acid groups (broad SMARTS) is 1. The van der Waals surface area contributed by atoms with Crippen molar-refractivity contribution >= 4 is 33.5 Å². The second kappa shape index (κ2) is 5.92. The Balaban J connectivity index is 2.91. The van der Waals surface area contributed by atoms with Gasteiger partial charge in [0.05, 0.1) is 0 Å². The normalized spacial score (nSPS) is 11.3. The van der Waals surface area contributed by atoms with Gasteiger partial charge in [-0.1, -0.05) is 27.5 Å². The molecule has 1 aromatic carbocycles. The Morgan fingerprint density at radius 1 is 1.62 bits per heavy atom. The lowest BCUT2D eigenvalue weighted by molar-refractivity contribution is 0.0692. The van der Waals surface area contributed by atoms with Gasteiger partial charge in [-0.25, -0.2) is 4.79 Å². The lowest BCUT2D eigenvalue weighted by Gasteiger charge is -2.09. The molecule has 0 saturated carbocycles. The van der Waals surface area contributed by atoms with Crippen molar-refractivity contribution in [3.05, 3.63) is 39.3 Å². The van der Waals surface area contributed by atoms with E-state index in [2.05, 4.69) is 15.9 Å². The summed E-state index contributed by atoms with van der Waals surface area (Å²) in [6.07, 6.45) is 0. The molecule has 0 unspecified atom stereocenters. The lowest BCUT2D eigenvalue weighted by Crippen LogP contribution is -2.05. The van der Waals surface area contributed by atoms with Gasteiger partial charge >= 0.3 is 5.97 Å². The van der Waals surface area contributed by atoms with Crippen molar-refractivity contribution in [1.82, 2.24) is 0 Å². The molecule has 1 aromatic rings. The summed E-state index contributed by atoms with van der Waals surface area (Å²) in [4.78, 5) is 10.9. The maximum Gasteiger partial charge on any atom is 0.339 e. The monoisotopic (exact) mass is 304 g/mol. The minimum absolute atomic E-state index is 0.122. The molecule has 0 radical (unpaired) electrons. The van der Waals surface area contributed by atoms with Crippen molar-refractivity contribution in [1.29, 1.82) is 0 Å². The second-order valence-corrected chi connectivity index (χ2v) is 4.32. The number of rotatable bonds is 4. The van der Waals surface area contributed by atoms with Crippen LogP contribution in [0.15, 0.2) is 33.8 Å². The molecule has 0 saturated heterocycles. The topological polar surface area (TPSA) is 46.5 Å². The van der Waals surface area contributed by atoms with Crippen LogP contribution in [0.4, 0.5) is 0 Å². The van der Waals surface area contributed by atoms with E-state index in [1.807, 2.05) is 0 Å². The fraction of sp³-hybridized carbons (Fsp3) is 0.182. The highest BCUT2D eigenvalue weighted by Gasteiger charge is 2.11. The first-order valence-corrected chi connectivity index (χ1v) is 5.69. The van der Waals surface area contributed by atoms with Crippen LogP contribution in [0.5, 0.6) is 5.75 Å². The molecule has 1 rings (SSSR count). The van der Waals surface area contributed by atoms with Crippen molar-refractivity contribution in [3.63, 3.8) is 0 Å². The van der Waals surface area contributed by atoms with Crippen LogP contribution in [0, 0.1) is 0 Å². The summed E-state index contributed by atoms with van der Waals surface area (Å²) in [5, 5.41) is 8.97. The summed E-state index contributed by atoms with van der Waals surface area (Å²) >= 11 is 8.69. The molecule has 1 N–H and O–H groups in total. The molecule has 0 spiro atoms. The molecule has 0 aliphatic heterocycles. The van der Waals surface area contributed by atoms with Gasteiger partial charge in [-0.2, -0.15) is 0 Å². The Bertz CT molecular complexity index is 429. The molecular weight excluding hydrogens is 295 g/mol. The van der Waals surface area contributed by atoms with Crippen molar-refractivity contribution in [2.24, 2.45) is 0 Å². The summed E-state index contributed by atoms with van der Waals surface area (Å²) in [7, 11) is 0. The molecular formula is C11H10BrClO3. The quantitative estimate of drug-likeness (QED) is 0.923. The smallest absolute Gasteiger partial charge is 0.339 e. The number of benzene rings is 1. The maximum absolute atomic E-state index is 10.9. The van der Waals surface area contributed by atoms with Gasteiger partial charge in [0, 0.05) is 10.0 Å². The highest BCUT2D eigenvalue weighted by molar-refractivity contribution is 9.10. The van der Waals surface area contributed by atoms with E-state index < -0.39 is 5.97 Å². The third-order valence-corrected chi connectivity index (χ3v) is 2.68. The Hall–Kier alpha value is -1.00. The van der Waals surface area contributed by atoms with Crippen molar-refractivity contribution in [2.45, 2.75) is 6.92 Å². The van der Waals surface area contributed by atoms with Gasteiger partial charge in [0.1, 0.15) is 17.9 Å². The van der Waals surface area contributed by atoms with Gasteiger partial charge in [0.15, 0.2) is 0 Å². The molecule has 0 aromatic heterocycles. The average Bonchev–Trinajstić information content (AvgIpc) is 2.26. The predicted octanol–water partition coefficient (Wildman–Crippen LogP) is 3.67. The average molecular weight is 306 g/mol. The maximum atomic E-state index is 10.9. The van der Waals surface area contributed by atoms with Crippen molar-refractivity contribution in [3.8, 4) is 5.75 Å². The second-order valence-electron chi connectivity index (χ2n) is 3.19. The van der Waals surface area contributed by atoms with Crippen LogP contribution >= 0.6 is 27.5 Å². The number of hydrogen-bond acceptors (Lipinski definition) is 2. The number of ether oxygens (including phenoxy) is 1. The van der Waals surface area contributed by atoms with Crippen molar-refractivity contribution < 1.29 is 14.6 Å². The van der Waals surface area contributed by atoms with Crippen LogP contribution in [-0.2, 0) is 0 Å². The van der Waals surface area contributed by atoms with E-state index >= 15 is 0 Å². The minimum Gasteiger partial charge on any atom is -0.488 e. The van der Waals surface area contributed by atoms with Gasteiger partial charge in [-0.3, -0.25) is 0 Å². The first kappa shape index (κ1) is 13.1. The third-order valence-electron chi connectivity index (χ3n) is 1.81. The van der Waals surface area contributed by atoms with E-state index in [0.717, 1.165) is 5.57 Å². The van der Waals surface area contributed by atoms with E-state index in [-0.39, 0.29) is 12.2 Å². The molecule has 0 aliphatic carbocycles. The molecule has 16 heavy (non-hydrogen) atoms. The van der Waals surface area contributed by atoms with Crippen LogP contribution < -0.4 is 4.74 Å². The van der Waals surface area contributed by atoms with Crippen LogP contribution in [-0.4, -0.2) is 17.7 Å². The summed E-state index contributed by atoms with van der Waals surface area (Å²) in [6.45, 7) is 2.07. The molecule has 0 aliphatic rings. The van der Waals surface area contributed by atoms with Crippen LogP contribution in [0.25, 0.3) is 0 Å². The van der Waals surface area contributed by atoms with E-state index in [0.29, 0.717) is 10.2 Å². The first-order valence-electron chi connectivity index (χ1n) is 4.46. The van der Waals surface area contributed by atoms with E-state index in [4.69, 9.17) is 21.4 Å². The number of aromatic carboxylic acids is 1. The standard InChI is InChI=1S/C11H10BrClO3/c1-7(5-13)6-16-10-3-2-8(12)4-9(10)11(14)15/h2-5H,6H2,1H3,(H,14,15)/b7-5-. The Kier molecular flexibility index (Phi) is 4.83.